The van der Waals surface area contributed by atoms with Crippen LogP contribution in [-0.2, 0) is 4.79 Å². The molecule has 1 atom stereocenters. The van der Waals surface area contributed by atoms with Crippen molar-refractivity contribution in [3.63, 3.8) is 0 Å². The van der Waals surface area contributed by atoms with E-state index in [4.69, 9.17) is 11.6 Å². The summed E-state index contributed by atoms with van der Waals surface area (Å²) in [6, 6.07) is 11.8. The Labute approximate surface area is 123 Å². The summed E-state index contributed by atoms with van der Waals surface area (Å²) >= 11 is 5.83. The summed E-state index contributed by atoms with van der Waals surface area (Å²) in [5.74, 6) is -0.925. The largest absolute Gasteiger partial charge is 0.479 e. The molecule has 0 fully saturated rings. The van der Waals surface area contributed by atoms with Crippen molar-refractivity contribution in [1.29, 1.82) is 0 Å². The predicted octanol–water partition coefficient (Wildman–Crippen LogP) is 4.19. The highest BCUT2D eigenvalue weighted by Gasteiger charge is 2.19. The molecule has 0 heterocycles. The summed E-state index contributed by atoms with van der Waals surface area (Å²) in [5, 5.41) is 13.0. The number of aliphatic carboxylic acids is 1. The number of nitrogens with one attached hydrogen (secondary N) is 1. The lowest BCUT2D eigenvalue weighted by molar-refractivity contribution is -0.138. The SMILES string of the molecule is Cc1ccc(N[C@@H](C(=O)O)c2ccc(Cl)cc2)cc1C. The van der Waals surface area contributed by atoms with Gasteiger partial charge in [-0.25, -0.2) is 4.79 Å². The Kier molecular flexibility index (Phi) is 4.30. The van der Waals surface area contributed by atoms with Crippen molar-refractivity contribution in [3.8, 4) is 0 Å². The minimum Gasteiger partial charge on any atom is -0.479 e. The van der Waals surface area contributed by atoms with Crippen LogP contribution in [0.4, 0.5) is 5.69 Å². The lowest BCUT2D eigenvalue weighted by atomic mass is 10.1. The average molecular weight is 290 g/mol. The summed E-state index contributed by atoms with van der Waals surface area (Å²) in [7, 11) is 0. The summed E-state index contributed by atoms with van der Waals surface area (Å²) in [6.07, 6.45) is 0. The molecule has 0 aliphatic heterocycles. The van der Waals surface area contributed by atoms with E-state index in [1.165, 1.54) is 5.56 Å². The smallest absolute Gasteiger partial charge is 0.330 e. The van der Waals surface area contributed by atoms with Crippen molar-refractivity contribution >= 4 is 23.3 Å². The Morgan fingerprint density at radius 2 is 1.75 bits per heavy atom. The molecular weight excluding hydrogens is 274 g/mol. The average Bonchev–Trinajstić information content (AvgIpc) is 2.41. The summed E-state index contributed by atoms with van der Waals surface area (Å²) in [5.41, 5.74) is 3.75. The number of carbonyl (C=O) groups is 1. The van der Waals surface area contributed by atoms with E-state index in [0.717, 1.165) is 11.3 Å². The Morgan fingerprint density at radius 1 is 1.10 bits per heavy atom. The van der Waals surface area contributed by atoms with Crippen LogP contribution < -0.4 is 5.32 Å². The van der Waals surface area contributed by atoms with Crippen LogP contribution in [0.15, 0.2) is 42.5 Å². The molecule has 0 amide bonds. The fraction of sp³-hybridized carbons (Fsp3) is 0.188. The van der Waals surface area contributed by atoms with Crippen molar-refractivity contribution in [3.05, 3.63) is 64.2 Å². The summed E-state index contributed by atoms with van der Waals surface area (Å²) in [4.78, 5) is 11.4. The van der Waals surface area contributed by atoms with Gasteiger partial charge in [-0.3, -0.25) is 0 Å². The first-order valence-corrected chi connectivity index (χ1v) is 6.67. The number of rotatable bonds is 4. The number of carboxylic acids is 1. The predicted molar refractivity (Wildman–Crippen MR) is 81.4 cm³/mol. The monoisotopic (exact) mass is 289 g/mol. The van der Waals surface area contributed by atoms with E-state index in [1.54, 1.807) is 24.3 Å². The van der Waals surface area contributed by atoms with Gasteiger partial charge in [0.05, 0.1) is 0 Å². The molecule has 0 aromatic heterocycles. The Balaban J connectivity index is 2.27. The quantitative estimate of drug-likeness (QED) is 0.887. The third-order valence-electron chi connectivity index (χ3n) is 3.27. The second-order valence-electron chi connectivity index (χ2n) is 4.77. The van der Waals surface area contributed by atoms with Crippen LogP contribution in [0, 0.1) is 13.8 Å². The molecule has 4 heteroatoms. The molecule has 0 saturated carbocycles. The van der Waals surface area contributed by atoms with E-state index in [-0.39, 0.29) is 0 Å². The van der Waals surface area contributed by atoms with Crippen LogP contribution in [0.2, 0.25) is 5.02 Å². The minimum absolute atomic E-state index is 0.587. The van der Waals surface area contributed by atoms with Gasteiger partial charge in [0.25, 0.3) is 0 Å². The maximum atomic E-state index is 11.4. The minimum atomic E-state index is -0.925. The number of carboxylic acid groups (broad SMARTS) is 1. The molecule has 2 N–H and O–H groups in total. The fourth-order valence-electron chi connectivity index (χ4n) is 1.94. The molecule has 2 aromatic rings. The van der Waals surface area contributed by atoms with E-state index >= 15 is 0 Å². The van der Waals surface area contributed by atoms with Gasteiger partial charge < -0.3 is 10.4 Å². The van der Waals surface area contributed by atoms with Gasteiger partial charge in [0.2, 0.25) is 0 Å². The summed E-state index contributed by atoms with van der Waals surface area (Å²) in [6.45, 7) is 4.02. The zero-order chi connectivity index (χ0) is 14.7. The van der Waals surface area contributed by atoms with Gasteiger partial charge in [0.15, 0.2) is 6.04 Å². The van der Waals surface area contributed by atoms with Gasteiger partial charge in [-0.05, 0) is 54.8 Å². The number of anilines is 1. The zero-order valence-corrected chi connectivity index (χ0v) is 12.1. The van der Waals surface area contributed by atoms with Crippen LogP contribution in [0.3, 0.4) is 0 Å². The van der Waals surface area contributed by atoms with E-state index in [1.807, 2.05) is 32.0 Å². The van der Waals surface area contributed by atoms with Crippen LogP contribution in [-0.4, -0.2) is 11.1 Å². The van der Waals surface area contributed by atoms with Crippen molar-refractivity contribution in [2.45, 2.75) is 19.9 Å². The van der Waals surface area contributed by atoms with Crippen LogP contribution in [0.1, 0.15) is 22.7 Å². The van der Waals surface area contributed by atoms with E-state index in [0.29, 0.717) is 10.6 Å². The standard InChI is InChI=1S/C16H16ClNO2/c1-10-3-8-14(9-11(10)2)18-15(16(19)20)12-4-6-13(17)7-5-12/h3-9,15,18H,1-2H3,(H,19,20)/t15-/m1/s1. The second-order valence-corrected chi connectivity index (χ2v) is 5.20. The van der Waals surface area contributed by atoms with Crippen molar-refractivity contribution in [2.24, 2.45) is 0 Å². The third-order valence-corrected chi connectivity index (χ3v) is 3.52. The number of hydrogen-bond donors (Lipinski definition) is 2. The van der Waals surface area contributed by atoms with Crippen molar-refractivity contribution in [2.75, 3.05) is 5.32 Å². The molecule has 2 aromatic carbocycles. The molecule has 2 rings (SSSR count). The van der Waals surface area contributed by atoms with Gasteiger partial charge in [-0.2, -0.15) is 0 Å². The number of halogens is 1. The van der Waals surface area contributed by atoms with Gasteiger partial charge in [-0.15, -0.1) is 0 Å². The molecule has 0 bridgehead atoms. The zero-order valence-electron chi connectivity index (χ0n) is 11.4. The van der Waals surface area contributed by atoms with Gasteiger partial charge >= 0.3 is 5.97 Å². The Hall–Kier alpha value is -2.00. The fourth-order valence-corrected chi connectivity index (χ4v) is 2.07. The molecule has 0 aliphatic carbocycles. The van der Waals surface area contributed by atoms with Crippen molar-refractivity contribution in [1.82, 2.24) is 0 Å². The molecule has 0 unspecified atom stereocenters. The third kappa shape index (κ3) is 3.31. The highest BCUT2D eigenvalue weighted by Crippen LogP contribution is 2.23. The lowest BCUT2D eigenvalue weighted by Gasteiger charge is -2.17. The summed E-state index contributed by atoms with van der Waals surface area (Å²) < 4.78 is 0. The van der Waals surface area contributed by atoms with E-state index < -0.39 is 12.0 Å². The molecule has 0 radical (unpaired) electrons. The normalized spacial score (nSPS) is 11.9. The van der Waals surface area contributed by atoms with Gasteiger partial charge in [-0.1, -0.05) is 29.8 Å². The first-order valence-electron chi connectivity index (χ1n) is 6.29. The van der Waals surface area contributed by atoms with Gasteiger partial charge in [0.1, 0.15) is 0 Å². The van der Waals surface area contributed by atoms with Crippen LogP contribution in [0.5, 0.6) is 0 Å². The Bertz CT molecular complexity index is 623. The van der Waals surface area contributed by atoms with Gasteiger partial charge in [0, 0.05) is 10.7 Å². The van der Waals surface area contributed by atoms with E-state index in [9.17, 15) is 9.90 Å². The highest BCUT2D eigenvalue weighted by atomic mass is 35.5. The highest BCUT2D eigenvalue weighted by molar-refractivity contribution is 6.30. The molecule has 0 aliphatic rings. The topological polar surface area (TPSA) is 49.3 Å². The molecule has 0 saturated heterocycles. The second kappa shape index (κ2) is 5.97. The number of aryl methyl sites for hydroxylation is 2. The number of hydrogen-bond acceptors (Lipinski definition) is 2. The van der Waals surface area contributed by atoms with E-state index in [2.05, 4.69) is 5.32 Å². The molecule has 3 nitrogen and oxygen atoms in total. The first kappa shape index (κ1) is 14.4. The maximum Gasteiger partial charge on any atom is 0.330 e. The molecule has 0 spiro atoms. The number of benzene rings is 2. The lowest BCUT2D eigenvalue weighted by Crippen LogP contribution is -2.20. The molecule has 20 heavy (non-hydrogen) atoms. The van der Waals surface area contributed by atoms with Crippen LogP contribution >= 0.6 is 11.6 Å². The Morgan fingerprint density at radius 3 is 2.30 bits per heavy atom. The first-order chi connectivity index (χ1) is 9.47. The van der Waals surface area contributed by atoms with Crippen molar-refractivity contribution < 1.29 is 9.90 Å². The molecule has 104 valence electrons. The molecular formula is C16H16ClNO2. The van der Waals surface area contributed by atoms with Crippen LogP contribution in [0.25, 0.3) is 0 Å². The maximum absolute atomic E-state index is 11.4.